The van der Waals surface area contributed by atoms with E-state index in [1.807, 2.05) is 18.3 Å². The number of anilines is 2. The van der Waals surface area contributed by atoms with Crippen molar-refractivity contribution < 1.29 is 0 Å². The van der Waals surface area contributed by atoms with Gasteiger partial charge in [-0.25, -0.2) is 0 Å². The van der Waals surface area contributed by atoms with Crippen LogP contribution in [0.15, 0.2) is 60.8 Å². The Bertz CT molecular complexity index is 857. The second kappa shape index (κ2) is 7.03. The van der Waals surface area contributed by atoms with Gasteiger partial charge in [0.2, 0.25) is 0 Å². The summed E-state index contributed by atoms with van der Waals surface area (Å²) in [6.45, 7) is 0. The van der Waals surface area contributed by atoms with Crippen molar-refractivity contribution in [2.45, 2.75) is 37.8 Å². The van der Waals surface area contributed by atoms with Crippen molar-refractivity contribution >= 4 is 33.9 Å². The van der Waals surface area contributed by atoms with Crippen LogP contribution in [0.4, 0.5) is 11.4 Å². The number of benzene rings is 2. The van der Waals surface area contributed by atoms with Gasteiger partial charge in [-0.1, -0.05) is 29.8 Å². The molecule has 1 heterocycles. The maximum Gasteiger partial charge on any atom is 0.0737 e. The number of fused-ring (bicyclic) bond motifs is 1. The Balaban J connectivity index is 1.84. The van der Waals surface area contributed by atoms with E-state index >= 15 is 0 Å². The molecule has 0 atom stereocenters. The van der Waals surface area contributed by atoms with Crippen molar-refractivity contribution in [2.24, 2.45) is 5.73 Å². The smallest absolute Gasteiger partial charge is 0.0737 e. The Morgan fingerprint density at radius 1 is 0.960 bits per heavy atom. The first kappa shape index (κ1) is 16.4. The van der Waals surface area contributed by atoms with Crippen molar-refractivity contribution in [3.05, 3.63) is 65.8 Å². The van der Waals surface area contributed by atoms with Crippen LogP contribution in [0.25, 0.3) is 10.9 Å². The van der Waals surface area contributed by atoms with E-state index < -0.39 is 0 Å². The predicted molar refractivity (Wildman–Crippen MR) is 106 cm³/mol. The minimum absolute atomic E-state index is 0.335. The lowest BCUT2D eigenvalue weighted by molar-refractivity contribution is 0.391. The molecular formula is C21H22ClN3. The van der Waals surface area contributed by atoms with Gasteiger partial charge in [0.25, 0.3) is 0 Å². The molecule has 1 aliphatic rings. The van der Waals surface area contributed by atoms with Crippen LogP contribution in [-0.4, -0.2) is 17.1 Å². The van der Waals surface area contributed by atoms with Crippen molar-refractivity contribution in [1.82, 2.24) is 4.98 Å². The fraction of sp³-hybridized carbons (Fsp3) is 0.286. The Hall–Kier alpha value is -2.10. The topological polar surface area (TPSA) is 42.1 Å². The third kappa shape index (κ3) is 3.35. The predicted octanol–water partition coefficient (Wildman–Crippen LogP) is 5.30. The summed E-state index contributed by atoms with van der Waals surface area (Å²) >= 11 is 6.16. The SMILES string of the molecule is NC1CCC(N(c2ccccc2)c2ccnc3cc(Cl)ccc23)CC1. The van der Waals surface area contributed by atoms with Crippen LogP contribution in [0.3, 0.4) is 0 Å². The van der Waals surface area contributed by atoms with E-state index in [9.17, 15) is 0 Å². The van der Waals surface area contributed by atoms with Gasteiger partial charge in [0.1, 0.15) is 0 Å². The summed E-state index contributed by atoms with van der Waals surface area (Å²) in [7, 11) is 0. The highest BCUT2D eigenvalue weighted by Gasteiger charge is 2.26. The molecular weight excluding hydrogens is 330 g/mol. The van der Waals surface area contributed by atoms with Crippen LogP contribution in [0, 0.1) is 0 Å². The summed E-state index contributed by atoms with van der Waals surface area (Å²) in [6, 6.07) is 19.4. The first-order valence-corrected chi connectivity index (χ1v) is 9.24. The molecule has 0 bridgehead atoms. The second-order valence-electron chi connectivity index (χ2n) is 6.77. The standard InChI is InChI=1S/C21H22ClN3/c22-15-6-11-19-20(14-15)24-13-12-21(19)25(17-4-2-1-3-5-17)18-9-7-16(23)8-10-18/h1-6,11-14,16,18H,7-10,23H2. The summed E-state index contributed by atoms with van der Waals surface area (Å²) in [6.07, 6.45) is 6.23. The monoisotopic (exact) mass is 351 g/mol. The third-order valence-corrected chi connectivity index (χ3v) is 5.32. The van der Waals surface area contributed by atoms with E-state index in [-0.39, 0.29) is 0 Å². The number of hydrogen-bond donors (Lipinski definition) is 1. The average molecular weight is 352 g/mol. The normalized spacial score (nSPS) is 20.6. The highest BCUT2D eigenvalue weighted by molar-refractivity contribution is 6.31. The number of nitrogens with zero attached hydrogens (tertiary/aromatic N) is 2. The number of rotatable bonds is 3. The molecule has 0 unspecified atom stereocenters. The van der Waals surface area contributed by atoms with Gasteiger partial charge in [0.15, 0.2) is 0 Å². The van der Waals surface area contributed by atoms with Gasteiger partial charge in [0, 0.05) is 34.4 Å². The van der Waals surface area contributed by atoms with E-state index in [1.54, 1.807) is 0 Å². The van der Waals surface area contributed by atoms with Crippen LogP contribution < -0.4 is 10.6 Å². The van der Waals surface area contributed by atoms with E-state index in [1.165, 1.54) is 11.4 Å². The van der Waals surface area contributed by atoms with Gasteiger partial charge in [-0.2, -0.15) is 0 Å². The second-order valence-corrected chi connectivity index (χ2v) is 7.20. The summed E-state index contributed by atoms with van der Waals surface area (Å²) in [4.78, 5) is 6.97. The van der Waals surface area contributed by atoms with E-state index in [2.05, 4.69) is 52.3 Å². The van der Waals surface area contributed by atoms with Gasteiger partial charge in [-0.15, -0.1) is 0 Å². The number of halogens is 1. The molecule has 1 aromatic heterocycles. The maximum atomic E-state index is 6.16. The highest BCUT2D eigenvalue weighted by Crippen LogP contribution is 2.37. The lowest BCUT2D eigenvalue weighted by atomic mass is 9.90. The fourth-order valence-corrected chi connectivity index (χ4v) is 3.98. The first-order chi connectivity index (χ1) is 12.2. The molecule has 1 aliphatic carbocycles. The van der Waals surface area contributed by atoms with Crippen molar-refractivity contribution in [3.63, 3.8) is 0 Å². The lowest BCUT2D eigenvalue weighted by Crippen LogP contribution is -2.38. The molecule has 2 N–H and O–H groups in total. The number of pyridine rings is 1. The number of aromatic nitrogens is 1. The zero-order valence-electron chi connectivity index (χ0n) is 14.1. The first-order valence-electron chi connectivity index (χ1n) is 8.86. The number of para-hydroxylation sites is 1. The zero-order valence-corrected chi connectivity index (χ0v) is 14.9. The minimum Gasteiger partial charge on any atom is -0.338 e. The molecule has 25 heavy (non-hydrogen) atoms. The zero-order chi connectivity index (χ0) is 17.2. The molecule has 0 aliphatic heterocycles. The van der Waals surface area contributed by atoms with Gasteiger partial charge in [-0.3, -0.25) is 4.98 Å². The molecule has 3 aromatic rings. The summed E-state index contributed by atoms with van der Waals surface area (Å²) in [5.74, 6) is 0. The van der Waals surface area contributed by atoms with E-state index in [0.717, 1.165) is 36.6 Å². The van der Waals surface area contributed by atoms with Crippen molar-refractivity contribution in [1.29, 1.82) is 0 Å². The van der Waals surface area contributed by atoms with Crippen LogP contribution in [0.2, 0.25) is 5.02 Å². The Morgan fingerprint density at radius 2 is 1.72 bits per heavy atom. The quantitative estimate of drug-likeness (QED) is 0.696. The maximum absolute atomic E-state index is 6.16. The van der Waals surface area contributed by atoms with Crippen molar-refractivity contribution in [2.75, 3.05) is 4.90 Å². The largest absolute Gasteiger partial charge is 0.338 e. The molecule has 4 heteroatoms. The molecule has 1 saturated carbocycles. The van der Waals surface area contributed by atoms with Crippen molar-refractivity contribution in [3.8, 4) is 0 Å². The Labute approximate surface area is 153 Å². The van der Waals surface area contributed by atoms with Gasteiger partial charge < -0.3 is 10.6 Å². The highest BCUT2D eigenvalue weighted by atomic mass is 35.5. The fourth-order valence-electron chi connectivity index (χ4n) is 3.81. The van der Waals surface area contributed by atoms with Gasteiger partial charge in [0.05, 0.1) is 11.2 Å². The van der Waals surface area contributed by atoms with Crippen LogP contribution >= 0.6 is 11.6 Å². The average Bonchev–Trinajstić information content (AvgIpc) is 2.64. The molecule has 0 spiro atoms. The molecule has 128 valence electrons. The molecule has 3 nitrogen and oxygen atoms in total. The minimum atomic E-state index is 0.335. The Kier molecular flexibility index (Phi) is 4.60. The van der Waals surface area contributed by atoms with Crippen LogP contribution in [0.1, 0.15) is 25.7 Å². The molecule has 0 saturated heterocycles. The molecule has 4 rings (SSSR count). The summed E-state index contributed by atoms with van der Waals surface area (Å²) in [5.41, 5.74) is 9.47. The van der Waals surface area contributed by atoms with Crippen LogP contribution in [0.5, 0.6) is 0 Å². The number of hydrogen-bond acceptors (Lipinski definition) is 3. The molecule has 1 fully saturated rings. The molecule has 2 aromatic carbocycles. The Morgan fingerprint density at radius 3 is 2.48 bits per heavy atom. The van der Waals surface area contributed by atoms with Gasteiger partial charge in [-0.05, 0) is 62.1 Å². The summed E-state index contributed by atoms with van der Waals surface area (Å²) in [5, 5.41) is 1.85. The molecule has 0 radical (unpaired) electrons. The summed E-state index contributed by atoms with van der Waals surface area (Å²) < 4.78 is 0. The van der Waals surface area contributed by atoms with E-state index in [0.29, 0.717) is 17.1 Å². The van der Waals surface area contributed by atoms with E-state index in [4.69, 9.17) is 17.3 Å². The number of nitrogens with two attached hydrogens (primary N) is 1. The van der Waals surface area contributed by atoms with Crippen LogP contribution in [-0.2, 0) is 0 Å². The third-order valence-electron chi connectivity index (χ3n) is 5.08. The van der Waals surface area contributed by atoms with Gasteiger partial charge >= 0.3 is 0 Å². The molecule has 0 amide bonds. The lowest BCUT2D eigenvalue weighted by Gasteiger charge is -2.38.